The van der Waals surface area contributed by atoms with Gasteiger partial charge in [-0.25, -0.2) is 0 Å². The van der Waals surface area contributed by atoms with Gasteiger partial charge in [-0.05, 0) is 35.4 Å². The van der Waals surface area contributed by atoms with E-state index in [1.165, 1.54) is 5.56 Å². The molecule has 0 radical (unpaired) electrons. The molecule has 2 aromatic carbocycles. The Morgan fingerprint density at radius 1 is 0.944 bits per heavy atom. The second-order valence-corrected chi connectivity index (χ2v) is 6.11. The van der Waals surface area contributed by atoms with E-state index in [0.29, 0.717) is 0 Å². The Morgan fingerprint density at radius 2 is 1.67 bits per heavy atom. The highest BCUT2D eigenvalue weighted by atomic mass is 79.9. The topological polar surface area (TPSA) is 12.0 Å². The van der Waals surface area contributed by atoms with Crippen molar-refractivity contribution >= 4 is 43.5 Å². The molecule has 0 amide bonds. The Bertz CT molecular complexity index is 543. The molecule has 0 bridgehead atoms. The lowest BCUT2D eigenvalue weighted by Gasteiger charge is -2.08. The molecule has 0 aliphatic carbocycles. The second kappa shape index (κ2) is 6.71. The number of rotatable bonds is 4. The molecule has 0 heterocycles. The first-order valence-corrected chi connectivity index (χ1v) is 7.51. The third kappa shape index (κ3) is 3.82. The molecule has 0 aliphatic heterocycles. The average Bonchev–Trinajstić information content (AvgIpc) is 2.36. The van der Waals surface area contributed by atoms with Gasteiger partial charge in [0.2, 0.25) is 0 Å². The molecule has 1 nitrogen and oxygen atoms in total. The maximum absolute atomic E-state index is 6.14. The van der Waals surface area contributed by atoms with Gasteiger partial charge in [-0.3, -0.25) is 0 Å². The van der Waals surface area contributed by atoms with Crippen LogP contribution in [0, 0.1) is 0 Å². The summed E-state index contributed by atoms with van der Waals surface area (Å²) in [6, 6.07) is 14.1. The van der Waals surface area contributed by atoms with Crippen LogP contribution in [0.15, 0.2) is 51.4 Å². The smallest absolute Gasteiger partial charge is 0.0451 e. The van der Waals surface area contributed by atoms with Crippen molar-refractivity contribution in [3.8, 4) is 0 Å². The highest BCUT2D eigenvalue weighted by Gasteiger charge is 2.02. The van der Waals surface area contributed by atoms with Crippen LogP contribution in [0.1, 0.15) is 11.1 Å². The summed E-state index contributed by atoms with van der Waals surface area (Å²) in [5, 5.41) is 4.18. The standard InChI is InChI=1S/C14H12Br2ClN/c15-12-5-6-14(17)11(7-12)9-18-8-10-3-1-2-4-13(10)16/h1-7,18H,8-9H2. The van der Waals surface area contributed by atoms with E-state index in [2.05, 4.69) is 43.2 Å². The zero-order valence-corrected chi connectivity index (χ0v) is 13.5. The van der Waals surface area contributed by atoms with Crippen LogP contribution in [0.4, 0.5) is 0 Å². The van der Waals surface area contributed by atoms with Crippen molar-refractivity contribution in [3.05, 3.63) is 67.6 Å². The lowest BCUT2D eigenvalue weighted by atomic mass is 10.2. The summed E-state index contributed by atoms with van der Waals surface area (Å²) in [5.74, 6) is 0. The van der Waals surface area contributed by atoms with E-state index in [1.807, 2.05) is 36.4 Å². The van der Waals surface area contributed by atoms with E-state index in [4.69, 9.17) is 11.6 Å². The Labute approximate surface area is 129 Å². The van der Waals surface area contributed by atoms with Crippen molar-refractivity contribution in [2.45, 2.75) is 13.1 Å². The van der Waals surface area contributed by atoms with Crippen molar-refractivity contribution in [3.63, 3.8) is 0 Å². The number of nitrogens with one attached hydrogen (secondary N) is 1. The van der Waals surface area contributed by atoms with Crippen LogP contribution in [0.2, 0.25) is 5.02 Å². The fourth-order valence-electron chi connectivity index (χ4n) is 1.65. The number of benzene rings is 2. The molecule has 0 aliphatic rings. The summed E-state index contributed by atoms with van der Waals surface area (Å²) in [5.41, 5.74) is 2.33. The quantitative estimate of drug-likeness (QED) is 0.762. The summed E-state index contributed by atoms with van der Waals surface area (Å²) in [7, 11) is 0. The molecule has 0 unspecified atom stereocenters. The lowest BCUT2D eigenvalue weighted by Crippen LogP contribution is -2.13. The van der Waals surface area contributed by atoms with Gasteiger partial charge in [-0.15, -0.1) is 0 Å². The van der Waals surface area contributed by atoms with Crippen LogP contribution in [0.25, 0.3) is 0 Å². The molecule has 1 N–H and O–H groups in total. The molecule has 2 aromatic rings. The fraction of sp³-hybridized carbons (Fsp3) is 0.143. The zero-order chi connectivity index (χ0) is 13.0. The molecule has 0 fully saturated rings. The van der Waals surface area contributed by atoms with Gasteiger partial charge < -0.3 is 5.32 Å². The molecule has 0 atom stereocenters. The normalized spacial score (nSPS) is 10.6. The second-order valence-electron chi connectivity index (χ2n) is 3.93. The Balaban J connectivity index is 1.96. The molecular formula is C14H12Br2ClN. The van der Waals surface area contributed by atoms with Gasteiger partial charge in [0, 0.05) is 27.1 Å². The fourth-order valence-corrected chi connectivity index (χ4v) is 2.67. The van der Waals surface area contributed by atoms with Crippen molar-refractivity contribution in [1.29, 1.82) is 0 Å². The van der Waals surface area contributed by atoms with Crippen molar-refractivity contribution in [2.24, 2.45) is 0 Å². The zero-order valence-electron chi connectivity index (χ0n) is 9.59. The molecule has 18 heavy (non-hydrogen) atoms. The third-order valence-corrected chi connectivity index (χ3v) is 4.23. The molecule has 0 aromatic heterocycles. The first-order chi connectivity index (χ1) is 8.66. The minimum Gasteiger partial charge on any atom is -0.309 e. The van der Waals surface area contributed by atoms with Gasteiger partial charge in [-0.1, -0.05) is 61.7 Å². The van der Waals surface area contributed by atoms with Crippen molar-refractivity contribution < 1.29 is 0 Å². The van der Waals surface area contributed by atoms with Gasteiger partial charge in [0.25, 0.3) is 0 Å². The van der Waals surface area contributed by atoms with Gasteiger partial charge in [0.1, 0.15) is 0 Å². The Morgan fingerprint density at radius 3 is 2.44 bits per heavy atom. The van der Waals surface area contributed by atoms with E-state index < -0.39 is 0 Å². The third-order valence-electron chi connectivity index (χ3n) is 2.60. The molecule has 0 saturated carbocycles. The molecule has 0 saturated heterocycles. The summed E-state index contributed by atoms with van der Waals surface area (Å²) < 4.78 is 2.17. The van der Waals surface area contributed by atoms with Crippen LogP contribution in [-0.4, -0.2) is 0 Å². The monoisotopic (exact) mass is 387 g/mol. The largest absolute Gasteiger partial charge is 0.309 e. The van der Waals surface area contributed by atoms with Gasteiger partial charge in [0.15, 0.2) is 0 Å². The van der Waals surface area contributed by atoms with Crippen molar-refractivity contribution in [1.82, 2.24) is 5.32 Å². The minimum atomic E-state index is 0.750. The Kier molecular flexibility index (Phi) is 5.25. The van der Waals surface area contributed by atoms with Crippen LogP contribution >= 0.6 is 43.5 Å². The van der Waals surface area contributed by atoms with Gasteiger partial charge in [0.05, 0.1) is 0 Å². The number of halogens is 3. The van der Waals surface area contributed by atoms with Crippen LogP contribution in [-0.2, 0) is 13.1 Å². The molecule has 0 spiro atoms. The van der Waals surface area contributed by atoms with Crippen LogP contribution < -0.4 is 5.32 Å². The van der Waals surface area contributed by atoms with Crippen LogP contribution in [0.3, 0.4) is 0 Å². The molecule has 4 heteroatoms. The summed E-state index contributed by atoms with van der Waals surface area (Å²) in [6.45, 7) is 1.56. The molecule has 94 valence electrons. The van der Waals surface area contributed by atoms with Crippen LogP contribution in [0.5, 0.6) is 0 Å². The number of hydrogen-bond acceptors (Lipinski definition) is 1. The molecular weight excluding hydrogens is 377 g/mol. The van der Waals surface area contributed by atoms with Crippen molar-refractivity contribution in [2.75, 3.05) is 0 Å². The van der Waals surface area contributed by atoms with E-state index >= 15 is 0 Å². The maximum Gasteiger partial charge on any atom is 0.0451 e. The Hall–Kier alpha value is -0.350. The summed E-state index contributed by atoms with van der Waals surface area (Å²) in [4.78, 5) is 0. The minimum absolute atomic E-state index is 0.750. The predicted octanol–water partition coefficient (Wildman–Crippen LogP) is 5.15. The lowest BCUT2D eigenvalue weighted by molar-refractivity contribution is 0.691. The molecule has 2 rings (SSSR count). The first kappa shape index (κ1) is 14.1. The summed E-state index contributed by atoms with van der Waals surface area (Å²) in [6.07, 6.45) is 0. The highest BCUT2D eigenvalue weighted by molar-refractivity contribution is 9.10. The average molecular weight is 390 g/mol. The van der Waals surface area contributed by atoms with E-state index in [0.717, 1.165) is 32.6 Å². The van der Waals surface area contributed by atoms with E-state index in [-0.39, 0.29) is 0 Å². The van der Waals surface area contributed by atoms with Gasteiger partial charge in [-0.2, -0.15) is 0 Å². The number of hydrogen-bond donors (Lipinski definition) is 1. The van der Waals surface area contributed by atoms with Gasteiger partial charge >= 0.3 is 0 Å². The SMILES string of the molecule is Clc1ccc(Br)cc1CNCc1ccccc1Br. The summed E-state index contributed by atoms with van der Waals surface area (Å²) >= 11 is 13.1. The first-order valence-electron chi connectivity index (χ1n) is 5.55. The highest BCUT2D eigenvalue weighted by Crippen LogP contribution is 2.21. The van der Waals surface area contributed by atoms with E-state index in [1.54, 1.807) is 0 Å². The predicted molar refractivity (Wildman–Crippen MR) is 83.8 cm³/mol. The maximum atomic E-state index is 6.14. The van der Waals surface area contributed by atoms with E-state index in [9.17, 15) is 0 Å².